The Labute approximate surface area is 163 Å². The van der Waals surface area contributed by atoms with E-state index >= 15 is 0 Å². The smallest absolute Gasteiger partial charge is 0.287 e. The van der Waals surface area contributed by atoms with Crippen LogP contribution in [0.15, 0.2) is 4.42 Å². The van der Waals surface area contributed by atoms with Gasteiger partial charge in [-0.05, 0) is 25.2 Å². The fraction of sp³-hybridized carbons (Fsp3) is 0.600. The van der Waals surface area contributed by atoms with Gasteiger partial charge >= 0.3 is 0 Å². The lowest BCUT2D eigenvalue weighted by Crippen LogP contribution is -2.33. The van der Waals surface area contributed by atoms with Crippen LogP contribution in [0.3, 0.4) is 0 Å². The predicted molar refractivity (Wildman–Crippen MR) is 100 cm³/mol. The molecule has 1 amide bonds. The highest BCUT2D eigenvalue weighted by atomic mass is 16.5. The molecule has 1 aliphatic heterocycles. The summed E-state index contributed by atoms with van der Waals surface area (Å²) >= 11 is 0. The first-order valence-corrected chi connectivity index (χ1v) is 9.68. The maximum Gasteiger partial charge on any atom is 0.287 e. The monoisotopic (exact) mass is 386 g/mol. The molecule has 2 aromatic rings. The second kappa shape index (κ2) is 6.84. The summed E-state index contributed by atoms with van der Waals surface area (Å²) in [6, 6.07) is -0.243. The molecule has 0 radical (unpaired) electrons. The van der Waals surface area contributed by atoms with Crippen LogP contribution in [0.2, 0.25) is 0 Å². The first-order chi connectivity index (χ1) is 13.3. The number of hydrogen-bond donors (Lipinski definition) is 1. The lowest BCUT2D eigenvalue weighted by atomic mass is 9.76. The van der Waals surface area contributed by atoms with E-state index in [1.54, 1.807) is 14.0 Å². The molecular weight excluding hydrogens is 360 g/mol. The number of Topliss-reactive ketones (excluding diaryl/α,β-unsaturated/α-hetero) is 1. The van der Waals surface area contributed by atoms with Crippen LogP contribution < -0.4 is 5.32 Å². The maximum atomic E-state index is 13.0. The number of aryl methyl sites for hydroxylation is 1. The molecule has 2 aromatic heterocycles. The van der Waals surface area contributed by atoms with Gasteiger partial charge in [-0.25, -0.2) is 9.67 Å². The standard InChI is InChI=1S/C20H26N4O4/c1-11-16-13(25)8-20(2,3)9-14(16)28-17(11)19(26)21-12-6-5-7-24-18(12)22-15(23-24)10-27-4/h12H,5-10H2,1-4H3,(H,21,26). The van der Waals surface area contributed by atoms with Gasteiger partial charge in [-0.1, -0.05) is 13.8 Å². The minimum Gasteiger partial charge on any atom is -0.455 e. The van der Waals surface area contributed by atoms with Gasteiger partial charge in [0, 0.05) is 32.1 Å². The first kappa shape index (κ1) is 18.9. The number of hydrogen-bond acceptors (Lipinski definition) is 6. The van der Waals surface area contributed by atoms with Crippen molar-refractivity contribution >= 4 is 11.7 Å². The van der Waals surface area contributed by atoms with E-state index in [9.17, 15) is 9.59 Å². The second-order valence-corrected chi connectivity index (χ2v) is 8.51. The number of furan rings is 1. The molecule has 2 aliphatic rings. The van der Waals surface area contributed by atoms with Crippen LogP contribution >= 0.6 is 0 Å². The quantitative estimate of drug-likeness (QED) is 0.867. The zero-order valence-corrected chi connectivity index (χ0v) is 16.8. The van der Waals surface area contributed by atoms with Gasteiger partial charge in [-0.2, -0.15) is 5.10 Å². The number of ketones is 1. The number of ether oxygens (including phenoxy) is 1. The topological polar surface area (TPSA) is 99.2 Å². The molecule has 3 heterocycles. The third kappa shape index (κ3) is 3.26. The summed E-state index contributed by atoms with van der Waals surface area (Å²) < 4.78 is 12.8. The van der Waals surface area contributed by atoms with Crippen molar-refractivity contribution in [2.75, 3.05) is 7.11 Å². The van der Waals surface area contributed by atoms with Gasteiger partial charge < -0.3 is 14.5 Å². The summed E-state index contributed by atoms with van der Waals surface area (Å²) in [5.41, 5.74) is 1.06. The van der Waals surface area contributed by atoms with E-state index in [0.717, 1.165) is 25.2 Å². The Hall–Kier alpha value is -2.48. The summed E-state index contributed by atoms with van der Waals surface area (Å²) in [5.74, 6) is 1.93. The van der Waals surface area contributed by atoms with E-state index in [1.807, 2.05) is 18.5 Å². The Balaban J connectivity index is 1.59. The Morgan fingerprint density at radius 3 is 2.93 bits per heavy atom. The number of nitrogens with zero attached hydrogens (tertiary/aromatic N) is 3. The Kier molecular flexibility index (Phi) is 4.61. The number of carbonyl (C=O) groups excluding carboxylic acids is 2. The van der Waals surface area contributed by atoms with Crippen LogP contribution in [0.1, 0.15) is 83.0 Å². The van der Waals surface area contributed by atoms with Crippen LogP contribution in [0.5, 0.6) is 0 Å². The molecule has 0 saturated heterocycles. The molecule has 0 bridgehead atoms. The van der Waals surface area contributed by atoms with Gasteiger partial charge in [-0.15, -0.1) is 0 Å². The van der Waals surface area contributed by atoms with Crippen molar-refractivity contribution in [1.29, 1.82) is 0 Å². The van der Waals surface area contributed by atoms with E-state index in [2.05, 4.69) is 15.4 Å². The van der Waals surface area contributed by atoms with Crippen LogP contribution in [0.25, 0.3) is 0 Å². The summed E-state index contributed by atoms with van der Waals surface area (Å²) in [7, 11) is 1.60. The fourth-order valence-electron chi connectivity index (χ4n) is 4.25. The van der Waals surface area contributed by atoms with E-state index in [0.29, 0.717) is 42.2 Å². The van der Waals surface area contributed by atoms with Gasteiger partial charge in [0.05, 0.1) is 11.6 Å². The molecule has 0 fully saturated rings. The fourth-order valence-corrected chi connectivity index (χ4v) is 4.25. The highest BCUT2D eigenvalue weighted by molar-refractivity contribution is 6.03. The summed E-state index contributed by atoms with van der Waals surface area (Å²) in [6.45, 7) is 6.97. The van der Waals surface area contributed by atoms with Crippen molar-refractivity contribution < 1.29 is 18.7 Å². The number of aromatic nitrogens is 3. The number of carbonyl (C=O) groups is 2. The minimum absolute atomic E-state index is 0.0492. The predicted octanol–water partition coefficient (Wildman–Crippen LogP) is 2.75. The van der Waals surface area contributed by atoms with Crippen LogP contribution in [-0.4, -0.2) is 33.6 Å². The molecule has 0 spiro atoms. The molecule has 28 heavy (non-hydrogen) atoms. The Morgan fingerprint density at radius 2 is 2.18 bits per heavy atom. The lowest BCUT2D eigenvalue weighted by Gasteiger charge is -2.27. The number of methoxy groups -OCH3 is 1. The normalized spacial score (nSPS) is 20.6. The van der Waals surface area contributed by atoms with E-state index in [4.69, 9.17) is 9.15 Å². The van der Waals surface area contributed by atoms with Crippen LogP contribution in [0, 0.1) is 12.3 Å². The van der Waals surface area contributed by atoms with Gasteiger partial charge in [0.15, 0.2) is 17.4 Å². The third-order valence-corrected chi connectivity index (χ3v) is 5.48. The number of fused-ring (bicyclic) bond motifs is 2. The lowest BCUT2D eigenvalue weighted by molar-refractivity contribution is 0.0877. The molecule has 0 aromatic carbocycles. The van der Waals surface area contributed by atoms with Gasteiger partial charge in [-0.3, -0.25) is 9.59 Å². The minimum atomic E-state index is -0.313. The van der Waals surface area contributed by atoms with Crippen LogP contribution in [0.4, 0.5) is 0 Å². The average Bonchev–Trinajstić information content (AvgIpc) is 3.15. The molecule has 4 rings (SSSR count). The number of amides is 1. The molecule has 1 unspecified atom stereocenters. The van der Waals surface area contributed by atoms with Crippen molar-refractivity contribution in [3.05, 3.63) is 34.3 Å². The molecule has 8 heteroatoms. The largest absolute Gasteiger partial charge is 0.455 e. The molecule has 1 N–H and O–H groups in total. The van der Waals surface area contributed by atoms with E-state index < -0.39 is 0 Å². The van der Waals surface area contributed by atoms with Crippen LogP contribution in [-0.2, 0) is 24.3 Å². The van der Waals surface area contributed by atoms with Crippen molar-refractivity contribution in [2.24, 2.45) is 5.41 Å². The molecule has 150 valence electrons. The SMILES string of the molecule is COCc1nc2n(n1)CCCC2NC(=O)c1oc2c(c1C)C(=O)CC(C)(C)C2. The third-order valence-electron chi connectivity index (χ3n) is 5.48. The summed E-state index contributed by atoms with van der Waals surface area (Å²) in [4.78, 5) is 30.0. The summed E-state index contributed by atoms with van der Waals surface area (Å²) in [5, 5.41) is 7.45. The maximum absolute atomic E-state index is 13.0. The second-order valence-electron chi connectivity index (χ2n) is 8.51. The molecule has 1 aliphatic carbocycles. The molecule has 0 saturated carbocycles. The number of nitrogens with one attached hydrogen (secondary N) is 1. The van der Waals surface area contributed by atoms with Gasteiger partial charge in [0.1, 0.15) is 18.2 Å². The zero-order chi connectivity index (χ0) is 20.1. The van der Waals surface area contributed by atoms with Crippen molar-refractivity contribution in [1.82, 2.24) is 20.1 Å². The first-order valence-electron chi connectivity index (χ1n) is 9.68. The number of rotatable bonds is 4. The van der Waals surface area contributed by atoms with Gasteiger partial charge in [0.2, 0.25) is 0 Å². The van der Waals surface area contributed by atoms with Crippen molar-refractivity contribution in [2.45, 2.75) is 65.6 Å². The highest BCUT2D eigenvalue weighted by Gasteiger charge is 2.37. The highest BCUT2D eigenvalue weighted by Crippen LogP contribution is 2.38. The van der Waals surface area contributed by atoms with E-state index in [-0.39, 0.29) is 28.9 Å². The van der Waals surface area contributed by atoms with E-state index in [1.165, 1.54) is 0 Å². The van der Waals surface area contributed by atoms with Gasteiger partial charge in [0.25, 0.3) is 5.91 Å². The summed E-state index contributed by atoms with van der Waals surface area (Å²) in [6.07, 6.45) is 2.80. The Bertz CT molecular complexity index is 940. The molecule has 8 nitrogen and oxygen atoms in total. The van der Waals surface area contributed by atoms with Crippen molar-refractivity contribution in [3.8, 4) is 0 Å². The average molecular weight is 386 g/mol. The molecular formula is C20H26N4O4. The van der Waals surface area contributed by atoms with Crippen molar-refractivity contribution in [3.63, 3.8) is 0 Å². The Morgan fingerprint density at radius 1 is 1.39 bits per heavy atom. The zero-order valence-electron chi connectivity index (χ0n) is 16.8. The molecule has 1 atom stereocenters.